The van der Waals surface area contributed by atoms with Crippen LogP contribution < -0.4 is 11.1 Å². The highest BCUT2D eigenvalue weighted by Crippen LogP contribution is 2.34. The van der Waals surface area contributed by atoms with E-state index in [1.54, 1.807) is 6.20 Å². The number of nitrogens with zero attached hydrogens (tertiary/aromatic N) is 1. The minimum absolute atomic E-state index is 0.0576. The summed E-state index contributed by atoms with van der Waals surface area (Å²) in [5.41, 5.74) is 9.63. The van der Waals surface area contributed by atoms with Gasteiger partial charge in [-0.25, -0.2) is 4.98 Å². The Morgan fingerprint density at radius 2 is 2.25 bits per heavy atom. The highest BCUT2D eigenvalue weighted by atomic mass is 16.1. The van der Waals surface area contributed by atoms with Crippen molar-refractivity contribution in [2.75, 3.05) is 17.6 Å². The molecule has 0 spiro atoms. The number of aromatic nitrogens is 1. The van der Waals surface area contributed by atoms with Crippen LogP contribution in [0.25, 0.3) is 0 Å². The first-order valence-corrected chi connectivity index (χ1v) is 6.73. The lowest BCUT2D eigenvalue weighted by Crippen LogP contribution is -2.12. The third-order valence-corrected chi connectivity index (χ3v) is 3.73. The van der Waals surface area contributed by atoms with E-state index in [9.17, 15) is 4.79 Å². The smallest absolute Gasteiger partial charge is 0.167 e. The molecule has 2 aromatic rings. The van der Waals surface area contributed by atoms with Crippen LogP contribution in [0.15, 0.2) is 36.5 Å². The highest BCUT2D eigenvalue weighted by molar-refractivity contribution is 6.00. The number of benzene rings is 1. The molecule has 1 aliphatic rings. The Bertz CT molecular complexity index is 667. The van der Waals surface area contributed by atoms with Crippen LogP contribution in [-0.4, -0.2) is 17.3 Å². The van der Waals surface area contributed by atoms with Gasteiger partial charge in [-0.1, -0.05) is 18.2 Å². The lowest BCUT2D eigenvalue weighted by atomic mass is 9.93. The van der Waals surface area contributed by atoms with E-state index in [1.165, 1.54) is 5.56 Å². The van der Waals surface area contributed by atoms with Gasteiger partial charge >= 0.3 is 0 Å². The minimum Gasteiger partial charge on any atom is -0.384 e. The van der Waals surface area contributed by atoms with Crippen LogP contribution in [0.1, 0.15) is 33.8 Å². The Balaban J connectivity index is 1.82. The minimum atomic E-state index is 0.0576. The van der Waals surface area contributed by atoms with Crippen molar-refractivity contribution >= 4 is 17.3 Å². The molecular weight excluding hydrogens is 250 g/mol. The van der Waals surface area contributed by atoms with E-state index in [4.69, 9.17) is 5.73 Å². The zero-order valence-corrected chi connectivity index (χ0v) is 11.4. The van der Waals surface area contributed by atoms with E-state index < -0.39 is 0 Å². The number of aryl methyl sites for hydroxylation is 1. The molecule has 0 saturated carbocycles. The summed E-state index contributed by atoms with van der Waals surface area (Å²) in [4.78, 5) is 16.5. The van der Waals surface area contributed by atoms with Crippen molar-refractivity contribution in [2.24, 2.45) is 0 Å². The first kappa shape index (κ1) is 12.7. The van der Waals surface area contributed by atoms with Crippen molar-refractivity contribution < 1.29 is 4.79 Å². The molecule has 0 saturated heterocycles. The van der Waals surface area contributed by atoms with Crippen LogP contribution in [0.3, 0.4) is 0 Å². The predicted molar refractivity (Wildman–Crippen MR) is 80.0 cm³/mol. The molecule has 2 heterocycles. The van der Waals surface area contributed by atoms with Gasteiger partial charge in [0.2, 0.25) is 0 Å². The Hall–Kier alpha value is -2.36. The van der Waals surface area contributed by atoms with Crippen LogP contribution in [0.4, 0.5) is 11.5 Å². The van der Waals surface area contributed by atoms with E-state index in [-0.39, 0.29) is 11.7 Å². The SMILES string of the molecule is Cc1cnc(N)c(C(=O)CC2CNc3ccccc32)c1. The number of carbonyl (C=O) groups excluding carboxylic acids is 1. The second-order valence-electron chi connectivity index (χ2n) is 5.24. The largest absolute Gasteiger partial charge is 0.384 e. The fraction of sp³-hybridized carbons (Fsp3) is 0.250. The van der Waals surface area contributed by atoms with Crippen molar-refractivity contribution in [1.82, 2.24) is 4.98 Å². The number of nitrogens with two attached hydrogens (primary N) is 1. The summed E-state index contributed by atoms with van der Waals surface area (Å²) in [7, 11) is 0. The molecule has 1 atom stereocenters. The van der Waals surface area contributed by atoms with E-state index >= 15 is 0 Å². The molecule has 20 heavy (non-hydrogen) atoms. The Kier molecular flexibility index (Phi) is 3.14. The molecule has 1 aliphatic heterocycles. The quantitative estimate of drug-likeness (QED) is 0.839. The molecule has 1 aromatic carbocycles. The van der Waals surface area contributed by atoms with Crippen molar-refractivity contribution in [3.8, 4) is 0 Å². The third-order valence-electron chi connectivity index (χ3n) is 3.73. The zero-order chi connectivity index (χ0) is 14.1. The standard InChI is InChI=1S/C16H17N3O/c1-10-6-13(16(17)19-8-10)15(20)7-11-9-18-14-5-3-2-4-12(11)14/h2-6,8,11,18H,7,9H2,1H3,(H2,17,19). The molecule has 4 heteroatoms. The molecular formula is C16H17N3O. The molecule has 3 rings (SSSR count). The maximum Gasteiger partial charge on any atom is 0.167 e. The molecule has 4 nitrogen and oxygen atoms in total. The van der Waals surface area contributed by atoms with Gasteiger partial charge in [0.1, 0.15) is 5.82 Å². The monoisotopic (exact) mass is 267 g/mol. The van der Waals surface area contributed by atoms with E-state index in [2.05, 4.69) is 16.4 Å². The summed E-state index contributed by atoms with van der Waals surface area (Å²) in [5, 5.41) is 3.33. The number of carbonyl (C=O) groups is 1. The van der Waals surface area contributed by atoms with Crippen LogP contribution >= 0.6 is 0 Å². The molecule has 0 aliphatic carbocycles. The van der Waals surface area contributed by atoms with Crippen LogP contribution in [-0.2, 0) is 0 Å². The van der Waals surface area contributed by atoms with Gasteiger partial charge in [-0.3, -0.25) is 4.79 Å². The maximum absolute atomic E-state index is 12.4. The third kappa shape index (κ3) is 2.25. The predicted octanol–water partition coefficient (Wildman–Crippen LogP) is 2.75. The van der Waals surface area contributed by atoms with Crippen molar-refractivity contribution in [3.63, 3.8) is 0 Å². The van der Waals surface area contributed by atoms with Gasteiger partial charge in [0.25, 0.3) is 0 Å². The number of hydrogen-bond acceptors (Lipinski definition) is 4. The van der Waals surface area contributed by atoms with Gasteiger partial charge in [-0.05, 0) is 30.2 Å². The summed E-state index contributed by atoms with van der Waals surface area (Å²) in [6.45, 7) is 2.71. The normalized spacial score (nSPS) is 16.6. The average molecular weight is 267 g/mol. The summed E-state index contributed by atoms with van der Waals surface area (Å²) < 4.78 is 0. The molecule has 0 fully saturated rings. The van der Waals surface area contributed by atoms with Gasteiger partial charge in [-0.15, -0.1) is 0 Å². The van der Waals surface area contributed by atoms with Gasteiger partial charge in [0.05, 0.1) is 5.56 Å². The number of pyridine rings is 1. The molecule has 0 amide bonds. The van der Waals surface area contributed by atoms with Crippen LogP contribution in [0, 0.1) is 6.92 Å². The molecule has 1 aromatic heterocycles. The summed E-state index contributed by atoms with van der Waals surface area (Å²) in [6.07, 6.45) is 2.14. The zero-order valence-electron chi connectivity index (χ0n) is 11.4. The van der Waals surface area contributed by atoms with Crippen LogP contribution in [0.5, 0.6) is 0 Å². The second kappa shape index (κ2) is 4.96. The fourth-order valence-corrected chi connectivity index (χ4v) is 2.68. The van der Waals surface area contributed by atoms with Gasteiger partial charge in [0.15, 0.2) is 5.78 Å². The molecule has 0 radical (unpaired) electrons. The highest BCUT2D eigenvalue weighted by Gasteiger charge is 2.25. The topological polar surface area (TPSA) is 68.0 Å². The number of nitrogens with one attached hydrogen (secondary N) is 1. The number of rotatable bonds is 3. The summed E-state index contributed by atoms with van der Waals surface area (Å²) >= 11 is 0. The van der Waals surface area contributed by atoms with Crippen molar-refractivity contribution in [3.05, 3.63) is 53.2 Å². The number of para-hydroxylation sites is 1. The number of ketones is 1. The Morgan fingerprint density at radius 3 is 3.10 bits per heavy atom. The number of fused-ring (bicyclic) bond motifs is 1. The first-order valence-electron chi connectivity index (χ1n) is 6.73. The van der Waals surface area contributed by atoms with Crippen LogP contribution in [0.2, 0.25) is 0 Å². The van der Waals surface area contributed by atoms with Gasteiger partial charge in [-0.2, -0.15) is 0 Å². The Morgan fingerprint density at radius 1 is 1.45 bits per heavy atom. The summed E-state index contributed by atoms with van der Waals surface area (Å²) in [6, 6.07) is 9.94. The van der Waals surface area contributed by atoms with Crippen molar-refractivity contribution in [2.45, 2.75) is 19.3 Å². The second-order valence-corrected chi connectivity index (χ2v) is 5.24. The number of anilines is 2. The van der Waals surface area contributed by atoms with Gasteiger partial charge in [0, 0.05) is 30.8 Å². The lowest BCUT2D eigenvalue weighted by molar-refractivity contribution is 0.0976. The average Bonchev–Trinajstić information content (AvgIpc) is 2.85. The lowest BCUT2D eigenvalue weighted by Gasteiger charge is -2.10. The Labute approximate surface area is 118 Å². The molecule has 0 bridgehead atoms. The molecule has 3 N–H and O–H groups in total. The fourth-order valence-electron chi connectivity index (χ4n) is 2.68. The first-order chi connectivity index (χ1) is 9.65. The van der Waals surface area contributed by atoms with Gasteiger partial charge < -0.3 is 11.1 Å². The van der Waals surface area contributed by atoms with E-state index in [0.717, 1.165) is 17.8 Å². The maximum atomic E-state index is 12.4. The van der Waals surface area contributed by atoms with Crippen molar-refractivity contribution in [1.29, 1.82) is 0 Å². The number of nitrogen functional groups attached to an aromatic ring is 1. The molecule has 1 unspecified atom stereocenters. The van der Waals surface area contributed by atoms with E-state index in [1.807, 2.05) is 31.2 Å². The number of Topliss-reactive ketones (excluding diaryl/α,β-unsaturated/α-hetero) is 1. The summed E-state index contributed by atoms with van der Waals surface area (Å²) in [5.74, 6) is 0.584. The van der Waals surface area contributed by atoms with E-state index in [0.29, 0.717) is 17.8 Å². The molecule has 102 valence electrons. The number of hydrogen-bond donors (Lipinski definition) is 2.